The molecule has 0 heterocycles. The first kappa shape index (κ1) is 10.1. The zero-order valence-corrected chi connectivity index (χ0v) is 6.45. The normalized spacial score (nSPS) is 18.3. The minimum absolute atomic E-state index is 0.887. The molecule has 0 radical (unpaired) electrons. The van der Waals surface area contributed by atoms with Crippen molar-refractivity contribution in [2.45, 2.75) is 18.3 Å². The first-order valence-corrected chi connectivity index (χ1v) is 3.32. The summed E-state index contributed by atoms with van der Waals surface area (Å²) in [4.78, 5) is 21.1. The van der Waals surface area contributed by atoms with Crippen molar-refractivity contribution >= 4 is 11.8 Å². The zero-order valence-electron chi connectivity index (χ0n) is 7.45. The van der Waals surface area contributed by atoms with Gasteiger partial charge in [-0.2, -0.15) is 0 Å². The van der Waals surface area contributed by atoms with Gasteiger partial charge in [-0.15, -0.1) is 0 Å². The third-order valence-corrected chi connectivity index (χ3v) is 1.37. The minimum atomic E-state index is -2.23. The summed E-state index contributed by atoms with van der Waals surface area (Å²) in [5.74, 6) is -3.23. The molecule has 0 bridgehead atoms. The van der Waals surface area contributed by atoms with Crippen molar-refractivity contribution in [2.75, 3.05) is 6.61 Å². The molecule has 0 aliphatic carbocycles. The summed E-state index contributed by atoms with van der Waals surface area (Å²) in [6.07, 6.45) is -5.99. The molecule has 5 N–H and O–H groups in total. The predicted molar refractivity (Wildman–Crippen MR) is 37.7 cm³/mol. The molecule has 0 saturated heterocycles. The topological polar surface area (TPSA) is 135 Å². The van der Waals surface area contributed by atoms with Crippen LogP contribution in [-0.4, -0.2) is 62.2 Å². The number of rotatable bonds is 5. The second-order valence-corrected chi connectivity index (χ2v) is 2.34. The average Bonchev–Trinajstić information content (AvgIpc) is 2.23. The molecule has 0 rings (SSSR count). The number of hydrogen-bond acceptors (Lipinski definition) is 7. The molecule has 13 heavy (non-hydrogen) atoms. The largest absolute Gasteiger partial charge is 0.475 e. The van der Waals surface area contributed by atoms with Crippen LogP contribution < -0.4 is 0 Å². The number of carboxylic acid groups (broad SMARTS) is 1. The number of aliphatic hydroxyl groups is 4. The van der Waals surface area contributed by atoms with Crippen molar-refractivity contribution in [3.05, 3.63) is 0 Å². The van der Waals surface area contributed by atoms with Gasteiger partial charge in [0.15, 0.2) is 6.10 Å². The van der Waals surface area contributed by atoms with Gasteiger partial charge >= 0.3 is 5.97 Å². The van der Waals surface area contributed by atoms with Crippen LogP contribution in [0.3, 0.4) is 0 Å². The molecule has 0 aromatic carbocycles. The van der Waals surface area contributed by atoms with Crippen LogP contribution in [0.1, 0.15) is 0 Å². The molecule has 7 nitrogen and oxygen atoms in total. The van der Waals surface area contributed by atoms with E-state index >= 15 is 0 Å². The van der Waals surface area contributed by atoms with E-state index in [1.165, 1.54) is 0 Å². The number of carbonyl (C=O) groups excluding carboxylic acids is 1. The predicted octanol–water partition coefficient (Wildman–Crippen LogP) is -3.28. The van der Waals surface area contributed by atoms with E-state index in [1.54, 1.807) is 0 Å². The van der Waals surface area contributed by atoms with E-state index in [0.29, 0.717) is 0 Å². The van der Waals surface area contributed by atoms with Gasteiger partial charge in [0.1, 0.15) is 12.2 Å². The molecule has 0 amide bonds. The lowest BCUT2D eigenvalue weighted by Gasteiger charge is -2.18. The number of aliphatic carboxylic acids is 1. The molecule has 0 spiro atoms. The second kappa shape index (κ2) is 4.87. The van der Waals surface area contributed by atoms with Crippen LogP contribution in [0.25, 0.3) is 1.43 Å². The maximum absolute atomic E-state index is 10.7. The Morgan fingerprint density at radius 3 is 2.23 bits per heavy atom. The summed E-state index contributed by atoms with van der Waals surface area (Å²) in [5.41, 5.74) is 0. The first-order valence-electron chi connectivity index (χ1n) is 3.73. The van der Waals surface area contributed by atoms with Gasteiger partial charge < -0.3 is 25.5 Å². The Morgan fingerprint density at radius 2 is 1.85 bits per heavy atom. The highest BCUT2D eigenvalue weighted by Gasteiger charge is 2.33. The van der Waals surface area contributed by atoms with E-state index in [4.69, 9.17) is 21.9 Å². The van der Waals surface area contributed by atoms with Gasteiger partial charge in [-0.1, -0.05) is 0 Å². The molecule has 0 saturated carbocycles. The molecule has 0 aromatic rings. The summed E-state index contributed by atoms with van der Waals surface area (Å²) in [6.45, 7) is -0.887. The fourth-order valence-corrected chi connectivity index (χ4v) is 0.594. The molecule has 3 atom stereocenters. The fourth-order valence-electron chi connectivity index (χ4n) is 0.594. The Balaban J connectivity index is 4.38. The van der Waals surface area contributed by atoms with Crippen LogP contribution in [-0.2, 0) is 9.59 Å². The Labute approximate surface area is 74.3 Å². The highest BCUT2D eigenvalue weighted by Crippen LogP contribution is 2.01. The summed E-state index contributed by atoms with van der Waals surface area (Å²) >= 11 is 0. The van der Waals surface area contributed by atoms with Gasteiger partial charge in [0, 0.05) is 0 Å². The van der Waals surface area contributed by atoms with Crippen LogP contribution in [0.15, 0.2) is 0 Å². The maximum atomic E-state index is 10.7. The number of aliphatic hydroxyl groups excluding tert-OH is 4. The van der Waals surface area contributed by atoms with Gasteiger partial charge in [0.25, 0.3) is 7.21 Å². The van der Waals surface area contributed by atoms with Crippen LogP contribution >= 0.6 is 0 Å². The number of Topliss-reactive ketones (excluding diaryl/α,β-unsaturated/α-hetero) is 1. The van der Waals surface area contributed by atoms with Crippen LogP contribution in [0.2, 0.25) is 0 Å². The van der Waals surface area contributed by atoms with Crippen molar-refractivity contribution in [1.29, 1.82) is 1.43 Å². The third-order valence-electron chi connectivity index (χ3n) is 1.37. The summed E-state index contributed by atoms with van der Waals surface area (Å²) in [6, 6.07) is 0. The molecule has 0 aromatic heterocycles. The molecule has 0 aliphatic rings. The maximum Gasteiger partial charge on any atom is 0.375 e. The van der Waals surface area contributed by atoms with E-state index in [2.05, 4.69) is 5.11 Å². The van der Waals surface area contributed by atoms with E-state index in [-0.39, 0.29) is 0 Å². The van der Waals surface area contributed by atoms with Gasteiger partial charge in [-0.25, -0.2) is 4.79 Å². The fraction of sp³-hybridized carbons (Fsp3) is 0.667. The van der Waals surface area contributed by atoms with E-state index in [0.717, 1.165) is 0 Å². The monoisotopic (exact) mass is 195 g/mol. The molecule has 0 aliphatic heterocycles. The number of ketones is 1. The quantitative estimate of drug-likeness (QED) is 0.290. The van der Waals surface area contributed by atoms with Crippen molar-refractivity contribution in [1.82, 2.24) is 0 Å². The van der Waals surface area contributed by atoms with Crippen molar-refractivity contribution in [2.24, 2.45) is 0 Å². The van der Waals surface area contributed by atoms with Crippen LogP contribution in [0.5, 0.6) is 0 Å². The first-order chi connectivity index (χ1) is 6.45. The van der Waals surface area contributed by atoms with Crippen molar-refractivity contribution in [3.8, 4) is 0 Å². The molecule has 76 valence electrons. The third kappa shape index (κ3) is 3.07. The molecule has 7 heteroatoms. The van der Waals surface area contributed by atoms with Crippen LogP contribution in [0, 0.1) is 0 Å². The van der Waals surface area contributed by atoms with Crippen LogP contribution in [0.4, 0.5) is 0 Å². The van der Waals surface area contributed by atoms with Gasteiger partial charge in [0.05, 0.1) is 6.61 Å². The molecule has 0 unspecified atom stereocenters. The van der Waals surface area contributed by atoms with E-state index in [1.807, 2.05) is 0 Å². The average molecular weight is 195 g/mol. The highest BCUT2D eigenvalue weighted by molar-refractivity contribution is 6.34. The highest BCUT2D eigenvalue weighted by atomic mass is 16.4. The molecular formula is C6H10O7. The molecule has 0 fully saturated rings. The van der Waals surface area contributed by atoms with E-state index in [9.17, 15) is 9.59 Å². The van der Waals surface area contributed by atoms with Gasteiger partial charge in [0.2, 0.25) is 0 Å². The Hall–Kier alpha value is -1.02. The molecular weight excluding hydrogens is 184 g/mol. The summed E-state index contributed by atoms with van der Waals surface area (Å²) in [5, 5.41) is 38.3. The zero-order chi connectivity index (χ0) is 11.3. The van der Waals surface area contributed by atoms with Crippen molar-refractivity contribution in [3.63, 3.8) is 0 Å². The Bertz CT molecular complexity index is 218. The standard InChI is InChI=1S/C6H10O7/c7-1-2(8)3(9)4(10)5(11)6(12)13/h2-4,7-10H,1H2,(H,12,13)/t2-,3+,4-/m0/s1/i/hD. The lowest BCUT2D eigenvalue weighted by Crippen LogP contribution is -2.46. The number of carboxylic acids is 1. The summed E-state index contributed by atoms with van der Waals surface area (Å²) in [7, 11) is 0. The minimum Gasteiger partial charge on any atom is -0.475 e. The van der Waals surface area contributed by atoms with Gasteiger partial charge in [-0.3, -0.25) is 4.79 Å². The lowest BCUT2D eigenvalue weighted by atomic mass is 10.1. The van der Waals surface area contributed by atoms with Crippen molar-refractivity contribution < 1.29 is 35.1 Å². The Morgan fingerprint density at radius 1 is 1.31 bits per heavy atom. The lowest BCUT2D eigenvalue weighted by molar-refractivity contribution is -0.159. The van der Waals surface area contributed by atoms with E-state index < -0.39 is 36.7 Å². The smallest absolute Gasteiger partial charge is 0.375 e. The SMILES string of the molecule is [2H]OC(=O)C(=O)[C@@H](O)[C@H](O)[C@@H](O)CO. The Kier molecular flexibility index (Phi) is 3.77. The van der Waals surface area contributed by atoms with Gasteiger partial charge in [-0.05, 0) is 0 Å². The second-order valence-electron chi connectivity index (χ2n) is 2.34. The summed E-state index contributed by atoms with van der Waals surface area (Å²) < 4.78 is 6.05. The number of hydrogen-bond donors (Lipinski definition) is 5. The number of carbonyl (C=O) groups is 2.